The monoisotopic (exact) mass is 476 g/mol. The van der Waals surface area contributed by atoms with Gasteiger partial charge >= 0.3 is 0 Å². The molecule has 31 heavy (non-hydrogen) atoms. The van der Waals surface area contributed by atoms with Crippen LogP contribution in [0.5, 0.6) is 0 Å². The second-order valence-electron chi connectivity index (χ2n) is 6.56. The van der Waals surface area contributed by atoms with Crippen molar-refractivity contribution >= 4 is 56.7 Å². The molecule has 0 spiro atoms. The molecule has 0 bridgehead atoms. The number of rotatable bonds is 6. The number of sulfonamides is 1. The van der Waals surface area contributed by atoms with Crippen molar-refractivity contribution in [2.75, 3.05) is 10.0 Å². The third-order valence-electron chi connectivity index (χ3n) is 4.01. The molecular formula is C21H18Cl2N4O3S. The first-order valence-corrected chi connectivity index (χ1v) is 11.3. The number of aryl methyl sites for hydroxylation is 2. The van der Waals surface area contributed by atoms with E-state index < -0.39 is 15.9 Å². The molecule has 3 rings (SSSR count). The zero-order chi connectivity index (χ0) is 22.6. The Balaban J connectivity index is 1.67. The smallest absolute Gasteiger partial charge is 0.263 e. The summed E-state index contributed by atoms with van der Waals surface area (Å²) in [6.45, 7) is 3.43. The summed E-state index contributed by atoms with van der Waals surface area (Å²) in [7, 11) is -3.84. The van der Waals surface area contributed by atoms with Crippen LogP contribution >= 0.6 is 23.2 Å². The summed E-state index contributed by atoms with van der Waals surface area (Å²) in [4.78, 5) is 20.4. The van der Waals surface area contributed by atoms with Crippen LogP contribution in [0.2, 0.25) is 10.0 Å². The van der Waals surface area contributed by atoms with Gasteiger partial charge in [-0.1, -0.05) is 29.3 Å². The minimum absolute atomic E-state index is 0.0305. The lowest BCUT2D eigenvalue weighted by Crippen LogP contribution is -2.15. The van der Waals surface area contributed by atoms with E-state index in [2.05, 4.69) is 20.0 Å². The van der Waals surface area contributed by atoms with Gasteiger partial charge in [-0.3, -0.25) is 9.52 Å². The van der Waals surface area contributed by atoms with Gasteiger partial charge in [0.25, 0.3) is 10.0 Å². The third-order valence-corrected chi connectivity index (χ3v) is 5.95. The fourth-order valence-corrected chi connectivity index (χ4v) is 4.13. The van der Waals surface area contributed by atoms with Gasteiger partial charge in [0.1, 0.15) is 11.6 Å². The molecule has 0 fully saturated rings. The number of nitrogens with zero attached hydrogens (tertiary/aromatic N) is 2. The number of carbonyl (C=O) groups excluding carboxylic acids is 1. The van der Waals surface area contributed by atoms with Crippen LogP contribution in [0.4, 0.5) is 11.5 Å². The summed E-state index contributed by atoms with van der Waals surface area (Å²) in [5.41, 5.74) is 1.73. The number of carbonyl (C=O) groups is 1. The number of halogens is 2. The Kier molecular flexibility index (Phi) is 6.94. The van der Waals surface area contributed by atoms with Crippen molar-refractivity contribution in [1.29, 1.82) is 0 Å². The van der Waals surface area contributed by atoms with Gasteiger partial charge in [-0.2, -0.15) is 0 Å². The zero-order valence-corrected chi connectivity index (χ0v) is 18.9. The molecule has 1 heterocycles. The van der Waals surface area contributed by atoms with Crippen molar-refractivity contribution in [2.24, 2.45) is 0 Å². The predicted octanol–water partition coefficient (Wildman–Crippen LogP) is 4.85. The van der Waals surface area contributed by atoms with Gasteiger partial charge in [0, 0.05) is 33.6 Å². The van der Waals surface area contributed by atoms with E-state index in [1.165, 1.54) is 30.3 Å². The molecule has 0 radical (unpaired) electrons. The molecule has 0 aliphatic heterocycles. The first-order valence-electron chi connectivity index (χ1n) is 9.02. The average Bonchev–Trinajstić information content (AvgIpc) is 2.66. The summed E-state index contributed by atoms with van der Waals surface area (Å²) >= 11 is 11.9. The molecule has 0 aliphatic carbocycles. The minimum atomic E-state index is -3.84. The number of hydrogen-bond donors (Lipinski definition) is 2. The van der Waals surface area contributed by atoms with Crippen molar-refractivity contribution in [3.63, 3.8) is 0 Å². The van der Waals surface area contributed by atoms with Crippen molar-refractivity contribution in [3.05, 3.63) is 81.7 Å². The zero-order valence-electron chi connectivity index (χ0n) is 16.6. The summed E-state index contributed by atoms with van der Waals surface area (Å²) in [6.07, 6.45) is 2.88. The Bertz CT molecular complexity index is 1240. The molecule has 2 N–H and O–H groups in total. The van der Waals surface area contributed by atoms with Gasteiger partial charge in [0.05, 0.1) is 4.90 Å². The number of nitrogens with one attached hydrogen (secondary N) is 2. The largest absolute Gasteiger partial charge is 0.323 e. The Morgan fingerprint density at radius 2 is 1.71 bits per heavy atom. The Morgan fingerprint density at radius 1 is 1.00 bits per heavy atom. The minimum Gasteiger partial charge on any atom is -0.323 e. The quantitative estimate of drug-likeness (QED) is 0.494. The fraction of sp³-hybridized carbons (Fsp3) is 0.0952. The molecule has 160 valence electrons. The fourth-order valence-electron chi connectivity index (χ4n) is 2.67. The molecular weight excluding hydrogens is 459 g/mol. The van der Waals surface area contributed by atoms with Crippen molar-refractivity contribution in [3.8, 4) is 0 Å². The van der Waals surface area contributed by atoms with E-state index in [-0.39, 0.29) is 10.7 Å². The van der Waals surface area contributed by atoms with Crippen LogP contribution in [-0.4, -0.2) is 24.3 Å². The summed E-state index contributed by atoms with van der Waals surface area (Å²) in [6, 6.07) is 12.2. The maximum Gasteiger partial charge on any atom is 0.263 e. The van der Waals surface area contributed by atoms with Gasteiger partial charge < -0.3 is 5.32 Å². The molecule has 0 saturated carbocycles. The molecule has 0 aliphatic rings. The number of hydrogen-bond acceptors (Lipinski definition) is 5. The van der Waals surface area contributed by atoms with E-state index in [4.69, 9.17) is 23.2 Å². The van der Waals surface area contributed by atoms with E-state index in [0.717, 1.165) is 0 Å². The molecule has 1 aromatic heterocycles. The summed E-state index contributed by atoms with van der Waals surface area (Å²) < 4.78 is 27.6. The maximum absolute atomic E-state index is 12.6. The van der Waals surface area contributed by atoms with Crippen LogP contribution in [0.25, 0.3) is 6.08 Å². The van der Waals surface area contributed by atoms with Gasteiger partial charge in [0.15, 0.2) is 0 Å². The highest BCUT2D eigenvalue weighted by Gasteiger charge is 2.15. The van der Waals surface area contributed by atoms with Crippen molar-refractivity contribution in [2.45, 2.75) is 18.7 Å². The average molecular weight is 477 g/mol. The molecule has 0 saturated heterocycles. The molecule has 1 amide bonds. The van der Waals surface area contributed by atoms with E-state index >= 15 is 0 Å². The van der Waals surface area contributed by atoms with Gasteiger partial charge in [-0.05, 0) is 61.9 Å². The maximum atomic E-state index is 12.6. The second kappa shape index (κ2) is 9.47. The van der Waals surface area contributed by atoms with Gasteiger partial charge in [-0.15, -0.1) is 0 Å². The molecule has 0 unspecified atom stereocenters. The normalized spacial score (nSPS) is 11.5. The van der Waals surface area contributed by atoms with Crippen LogP contribution in [0.3, 0.4) is 0 Å². The highest BCUT2D eigenvalue weighted by molar-refractivity contribution is 7.92. The summed E-state index contributed by atoms with van der Waals surface area (Å²) in [5, 5.41) is 3.58. The lowest BCUT2D eigenvalue weighted by Gasteiger charge is -2.09. The molecule has 2 aromatic carbocycles. The number of anilines is 2. The van der Waals surface area contributed by atoms with E-state index in [1.54, 1.807) is 44.2 Å². The number of aromatic nitrogens is 2. The van der Waals surface area contributed by atoms with Gasteiger partial charge in [0.2, 0.25) is 5.91 Å². The highest BCUT2D eigenvalue weighted by atomic mass is 35.5. The first kappa shape index (κ1) is 22.7. The highest BCUT2D eigenvalue weighted by Crippen LogP contribution is 2.22. The van der Waals surface area contributed by atoms with Crippen LogP contribution in [0.1, 0.15) is 17.1 Å². The van der Waals surface area contributed by atoms with Crippen LogP contribution in [-0.2, 0) is 14.8 Å². The SMILES string of the molecule is Cc1cc(NS(=O)(=O)c2ccc(NC(=O)C=Cc3ccc(Cl)cc3Cl)cc2)nc(C)n1. The Morgan fingerprint density at radius 3 is 2.35 bits per heavy atom. The van der Waals surface area contributed by atoms with Crippen LogP contribution in [0.15, 0.2) is 59.5 Å². The molecule has 0 atom stereocenters. The molecule has 10 heteroatoms. The lowest BCUT2D eigenvalue weighted by molar-refractivity contribution is -0.111. The van der Waals surface area contributed by atoms with Crippen LogP contribution < -0.4 is 10.0 Å². The topological polar surface area (TPSA) is 101 Å². The first-order chi connectivity index (χ1) is 14.6. The standard InChI is InChI=1S/C21H18Cl2N4O3S/c1-13-11-20(25-14(2)24-13)27-31(29,30)18-8-6-17(7-9-18)26-21(28)10-4-15-3-5-16(22)12-19(15)23/h3-12H,1-2H3,(H,26,28)(H,24,25,27). The van der Waals surface area contributed by atoms with E-state index in [9.17, 15) is 13.2 Å². The predicted molar refractivity (Wildman–Crippen MR) is 123 cm³/mol. The lowest BCUT2D eigenvalue weighted by atomic mass is 10.2. The molecule has 7 nitrogen and oxygen atoms in total. The third kappa shape index (κ3) is 6.27. The molecule has 3 aromatic rings. The Labute approximate surface area is 190 Å². The number of benzene rings is 2. The van der Waals surface area contributed by atoms with E-state index in [0.29, 0.717) is 32.8 Å². The van der Waals surface area contributed by atoms with Crippen LogP contribution in [0, 0.1) is 13.8 Å². The van der Waals surface area contributed by atoms with E-state index in [1.807, 2.05) is 0 Å². The number of amides is 1. The Hall–Kier alpha value is -2.94. The summed E-state index contributed by atoms with van der Waals surface area (Å²) in [5.74, 6) is 0.253. The van der Waals surface area contributed by atoms with Crippen molar-refractivity contribution < 1.29 is 13.2 Å². The second-order valence-corrected chi connectivity index (χ2v) is 9.09. The van der Waals surface area contributed by atoms with Crippen molar-refractivity contribution in [1.82, 2.24) is 9.97 Å². The van der Waals surface area contributed by atoms with Gasteiger partial charge in [-0.25, -0.2) is 18.4 Å².